The van der Waals surface area contributed by atoms with Crippen molar-refractivity contribution >= 4 is 23.5 Å². The number of carboxylic acid groups (broad SMARTS) is 2. The van der Waals surface area contributed by atoms with Crippen LogP contribution in [0.3, 0.4) is 0 Å². The molecule has 1 aliphatic rings. The number of nitrogens with one attached hydrogen (secondary N) is 1. The van der Waals surface area contributed by atoms with Crippen LogP contribution in [0.15, 0.2) is 18.2 Å². The van der Waals surface area contributed by atoms with Crippen LogP contribution in [-0.2, 0) is 9.59 Å². The molecule has 1 aromatic rings. The molecule has 0 aromatic heterocycles. The molecule has 0 saturated heterocycles. The third-order valence-electron chi connectivity index (χ3n) is 2.92. The number of rotatable bonds is 4. The number of halogens is 1. The molecular weight excluding hydrogens is 257 g/mol. The summed E-state index contributed by atoms with van der Waals surface area (Å²) < 4.78 is 13.4. The van der Waals surface area contributed by atoms with E-state index in [2.05, 4.69) is 5.32 Å². The van der Waals surface area contributed by atoms with Gasteiger partial charge in [0.25, 0.3) is 0 Å². The third kappa shape index (κ3) is 2.70. The molecule has 19 heavy (non-hydrogen) atoms. The fraction of sp³-hybridized carbons (Fsp3) is 0.250. The van der Waals surface area contributed by atoms with Crippen LogP contribution in [0.2, 0.25) is 0 Å². The predicted octanol–water partition coefficient (Wildman–Crippen LogP) is 1.18. The fourth-order valence-electron chi connectivity index (χ4n) is 1.74. The lowest BCUT2D eigenvalue weighted by molar-refractivity contribution is -0.139. The first-order valence-electron chi connectivity index (χ1n) is 5.46. The molecule has 1 amide bonds. The van der Waals surface area contributed by atoms with Crippen molar-refractivity contribution < 1.29 is 29.0 Å². The van der Waals surface area contributed by atoms with E-state index in [0.29, 0.717) is 0 Å². The molecule has 100 valence electrons. The number of aliphatic carboxylic acids is 1. The average Bonchev–Trinajstić information content (AvgIpc) is 3.11. The second-order valence-corrected chi connectivity index (χ2v) is 4.28. The number of carbonyl (C=O) groups excluding carboxylic acids is 1. The van der Waals surface area contributed by atoms with Gasteiger partial charge in [0.05, 0.1) is 23.1 Å². The minimum atomic E-state index is -1.25. The standard InChI is InChI=1S/C12H10FNO5/c13-8-2-1-5(11(16)17)3-9(8)14-10(15)6-4-7(6)12(18)19/h1-3,6-7H,4H2,(H,14,15)(H,16,17)(H,18,19)/t6-,7+/m1/s1. The lowest BCUT2D eigenvalue weighted by Crippen LogP contribution is -2.18. The molecule has 0 bridgehead atoms. The number of hydrogen-bond donors (Lipinski definition) is 3. The highest BCUT2D eigenvalue weighted by Gasteiger charge is 2.48. The summed E-state index contributed by atoms with van der Waals surface area (Å²) in [6.07, 6.45) is 0.210. The fourth-order valence-corrected chi connectivity index (χ4v) is 1.74. The van der Waals surface area contributed by atoms with Crippen molar-refractivity contribution in [3.05, 3.63) is 29.6 Å². The summed E-state index contributed by atoms with van der Waals surface area (Å²) in [5.41, 5.74) is -0.428. The number of carboxylic acids is 2. The van der Waals surface area contributed by atoms with Gasteiger partial charge in [-0.3, -0.25) is 9.59 Å². The number of amides is 1. The number of hydrogen-bond acceptors (Lipinski definition) is 3. The van der Waals surface area contributed by atoms with Gasteiger partial charge in [0, 0.05) is 0 Å². The van der Waals surface area contributed by atoms with Crippen LogP contribution >= 0.6 is 0 Å². The summed E-state index contributed by atoms with van der Waals surface area (Å²) >= 11 is 0. The Morgan fingerprint density at radius 3 is 2.42 bits per heavy atom. The van der Waals surface area contributed by atoms with Gasteiger partial charge in [0.1, 0.15) is 5.82 Å². The molecule has 0 aliphatic heterocycles. The molecule has 0 spiro atoms. The molecule has 6 nitrogen and oxygen atoms in total. The first-order valence-corrected chi connectivity index (χ1v) is 5.46. The molecule has 1 aromatic carbocycles. The van der Waals surface area contributed by atoms with Gasteiger partial charge in [-0.2, -0.15) is 0 Å². The zero-order chi connectivity index (χ0) is 14.2. The summed E-state index contributed by atoms with van der Waals surface area (Å²) in [7, 11) is 0. The Hall–Kier alpha value is -2.44. The van der Waals surface area contributed by atoms with Gasteiger partial charge in [-0.25, -0.2) is 9.18 Å². The minimum absolute atomic E-state index is 0.165. The Labute approximate surface area is 106 Å². The quantitative estimate of drug-likeness (QED) is 0.760. The van der Waals surface area contributed by atoms with Crippen LogP contribution in [0.5, 0.6) is 0 Å². The Morgan fingerprint density at radius 1 is 1.21 bits per heavy atom. The summed E-state index contributed by atoms with van der Waals surface area (Å²) in [5.74, 6) is -5.14. The minimum Gasteiger partial charge on any atom is -0.481 e. The molecule has 7 heteroatoms. The lowest BCUT2D eigenvalue weighted by atomic mass is 10.2. The Balaban J connectivity index is 2.11. The topological polar surface area (TPSA) is 104 Å². The van der Waals surface area contributed by atoms with Crippen molar-refractivity contribution in [1.29, 1.82) is 0 Å². The van der Waals surface area contributed by atoms with Gasteiger partial charge in [-0.15, -0.1) is 0 Å². The van der Waals surface area contributed by atoms with Gasteiger partial charge in [0.2, 0.25) is 5.91 Å². The van der Waals surface area contributed by atoms with Crippen molar-refractivity contribution in [2.75, 3.05) is 5.32 Å². The van der Waals surface area contributed by atoms with Gasteiger partial charge < -0.3 is 15.5 Å². The molecule has 0 heterocycles. The molecule has 1 aliphatic carbocycles. The maximum absolute atomic E-state index is 13.4. The molecule has 2 atom stereocenters. The van der Waals surface area contributed by atoms with E-state index in [-0.39, 0.29) is 17.7 Å². The van der Waals surface area contributed by atoms with Crippen LogP contribution in [0.1, 0.15) is 16.8 Å². The largest absolute Gasteiger partial charge is 0.481 e. The van der Waals surface area contributed by atoms with Crippen molar-refractivity contribution in [3.8, 4) is 0 Å². The van der Waals surface area contributed by atoms with E-state index in [1.807, 2.05) is 0 Å². The molecule has 0 unspecified atom stereocenters. The maximum Gasteiger partial charge on any atom is 0.335 e. The van der Waals surface area contributed by atoms with Gasteiger partial charge >= 0.3 is 11.9 Å². The first-order chi connectivity index (χ1) is 8.90. The molecule has 2 rings (SSSR count). The van der Waals surface area contributed by atoms with E-state index in [1.165, 1.54) is 0 Å². The Bertz CT molecular complexity index is 571. The van der Waals surface area contributed by atoms with Gasteiger partial charge in [-0.05, 0) is 24.6 Å². The highest BCUT2D eigenvalue weighted by molar-refractivity contribution is 5.99. The van der Waals surface area contributed by atoms with Crippen molar-refractivity contribution in [2.24, 2.45) is 11.8 Å². The average molecular weight is 267 g/mol. The summed E-state index contributed by atoms with van der Waals surface area (Å²) in [4.78, 5) is 33.0. The van der Waals surface area contributed by atoms with Crippen LogP contribution < -0.4 is 5.32 Å². The van der Waals surface area contributed by atoms with Crippen molar-refractivity contribution in [2.45, 2.75) is 6.42 Å². The summed E-state index contributed by atoms with van der Waals surface area (Å²) in [6.45, 7) is 0. The number of benzene rings is 1. The van der Waals surface area contributed by atoms with Crippen molar-refractivity contribution in [3.63, 3.8) is 0 Å². The normalized spacial score (nSPS) is 20.7. The zero-order valence-electron chi connectivity index (χ0n) is 9.59. The van der Waals surface area contributed by atoms with Crippen LogP contribution in [0, 0.1) is 17.7 Å². The molecule has 0 radical (unpaired) electrons. The first kappa shape index (κ1) is 13.0. The van der Waals surface area contributed by atoms with Crippen LogP contribution in [-0.4, -0.2) is 28.1 Å². The summed E-state index contributed by atoms with van der Waals surface area (Å²) in [6, 6.07) is 3.00. The highest BCUT2D eigenvalue weighted by atomic mass is 19.1. The van der Waals surface area contributed by atoms with Crippen molar-refractivity contribution in [1.82, 2.24) is 0 Å². The van der Waals surface area contributed by atoms with E-state index < -0.39 is 35.5 Å². The Morgan fingerprint density at radius 2 is 1.89 bits per heavy atom. The number of carbonyl (C=O) groups is 3. The van der Waals surface area contributed by atoms with E-state index >= 15 is 0 Å². The highest BCUT2D eigenvalue weighted by Crippen LogP contribution is 2.39. The smallest absolute Gasteiger partial charge is 0.335 e. The number of aromatic carboxylic acids is 1. The van der Waals surface area contributed by atoms with E-state index in [1.54, 1.807) is 0 Å². The monoisotopic (exact) mass is 267 g/mol. The van der Waals surface area contributed by atoms with Crippen LogP contribution in [0.25, 0.3) is 0 Å². The number of anilines is 1. The predicted molar refractivity (Wildman–Crippen MR) is 61.2 cm³/mol. The molecule has 1 fully saturated rings. The second kappa shape index (κ2) is 4.68. The molecule has 3 N–H and O–H groups in total. The van der Waals surface area contributed by atoms with Gasteiger partial charge in [-0.1, -0.05) is 0 Å². The Kier molecular flexibility index (Phi) is 3.20. The van der Waals surface area contributed by atoms with E-state index in [0.717, 1.165) is 18.2 Å². The van der Waals surface area contributed by atoms with Gasteiger partial charge in [0.15, 0.2) is 0 Å². The maximum atomic E-state index is 13.4. The van der Waals surface area contributed by atoms with E-state index in [4.69, 9.17) is 10.2 Å². The molecule has 1 saturated carbocycles. The molecular formula is C12H10FNO5. The van der Waals surface area contributed by atoms with E-state index in [9.17, 15) is 18.8 Å². The third-order valence-corrected chi connectivity index (χ3v) is 2.92. The van der Waals surface area contributed by atoms with Crippen LogP contribution in [0.4, 0.5) is 10.1 Å². The lowest BCUT2D eigenvalue weighted by Gasteiger charge is -2.06. The SMILES string of the molecule is O=C(O)c1ccc(F)c(NC(=O)[C@@H]2C[C@@H]2C(=O)O)c1. The zero-order valence-corrected chi connectivity index (χ0v) is 9.59. The second-order valence-electron chi connectivity index (χ2n) is 4.28. The summed E-state index contributed by atoms with van der Waals surface area (Å²) in [5, 5.41) is 19.6.